The second-order valence-electron chi connectivity index (χ2n) is 19.0. The molecular weight excluding hydrogens is 871 g/mol. The lowest BCUT2D eigenvalue weighted by molar-refractivity contribution is -0.305. The van der Waals surface area contributed by atoms with Crippen LogP contribution in [0, 0.1) is 0 Å². The van der Waals surface area contributed by atoms with Gasteiger partial charge in [-0.2, -0.15) is 0 Å². The number of aliphatic hydroxyl groups is 5. The van der Waals surface area contributed by atoms with Gasteiger partial charge in [-0.3, -0.25) is 9.59 Å². The Kier molecular flexibility index (Phi) is 42.9. The van der Waals surface area contributed by atoms with E-state index in [2.05, 4.69) is 50.4 Å². The zero-order chi connectivity index (χ0) is 50.4. The lowest BCUT2D eigenvalue weighted by Crippen LogP contribution is -2.61. The zero-order valence-corrected chi connectivity index (χ0v) is 43.7. The van der Waals surface area contributed by atoms with Gasteiger partial charge in [-0.05, 0) is 70.6 Å². The van der Waals surface area contributed by atoms with E-state index in [1.807, 2.05) is 42.5 Å². The van der Waals surface area contributed by atoms with Crippen LogP contribution in [0.5, 0.6) is 0 Å². The van der Waals surface area contributed by atoms with Gasteiger partial charge >= 0.3 is 5.97 Å². The second-order valence-corrected chi connectivity index (χ2v) is 19.0. The average molecular weight is 972 g/mol. The molecule has 398 valence electrons. The van der Waals surface area contributed by atoms with Gasteiger partial charge in [0.2, 0.25) is 5.91 Å². The first-order chi connectivity index (χ1) is 33.7. The highest BCUT2D eigenvalue weighted by Crippen LogP contribution is 2.26. The molecule has 0 spiro atoms. The smallest absolute Gasteiger partial charge is 0.306 e. The molecular formula is C58H101NO10. The molecule has 6 N–H and O–H groups in total. The van der Waals surface area contributed by atoms with E-state index in [-0.39, 0.29) is 19.4 Å². The molecule has 0 aliphatic carbocycles. The fraction of sp³-hybridized carbons (Fsp3) is 0.759. The van der Waals surface area contributed by atoms with Crippen LogP contribution in [0.2, 0.25) is 0 Å². The molecule has 8 atom stereocenters. The number of unbranched alkanes of at least 4 members (excludes halogenated alkanes) is 24. The van der Waals surface area contributed by atoms with Crippen molar-refractivity contribution >= 4 is 11.9 Å². The fourth-order valence-electron chi connectivity index (χ4n) is 8.24. The number of hydrogen-bond acceptors (Lipinski definition) is 10. The van der Waals surface area contributed by atoms with Crippen molar-refractivity contribution in [3.8, 4) is 0 Å². The van der Waals surface area contributed by atoms with Crippen LogP contribution >= 0.6 is 0 Å². The Bertz CT molecular complexity index is 1390. The third-order valence-electron chi connectivity index (χ3n) is 12.7. The van der Waals surface area contributed by atoms with Crippen LogP contribution in [0.3, 0.4) is 0 Å². The first-order valence-corrected chi connectivity index (χ1v) is 27.8. The van der Waals surface area contributed by atoms with Gasteiger partial charge in [0.25, 0.3) is 0 Å². The molecule has 1 heterocycles. The third kappa shape index (κ3) is 35.0. The number of carbonyl (C=O) groups is 2. The quantitative estimate of drug-likeness (QED) is 0.0149. The van der Waals surface area contributed by atoms with Crippen molar-refractivity contribution < 1.29 is 49.3 Å². The van der Waals surface area contributed by atoms with E-state index >= 15 is 0 Å². The SMILES string of the molecule is CC/C=C/C=C/C=C/C=C\CCCCCCCC(=O)OC1C(OCC(NC(=O)C(O)CCCCCCCC/C=C\CCCCCC)C(O)/C=C/CCCCCCCCCCC)OC(CO)C(O)C1O. The Labute approximate surface area is 420 Å². The maximum absolute atomic E-state index is 13.3. The molecule has 0 radical (unpaired) electrons. The van der Waals surface area contributed by atoms with Crippen molar-refractivity contribution in [2.75, 3.05) is 13.2 Å². The maximum Gasteiger partial charge on any atom is 0.306 e. The van der Waals surface area contributed by atoms with Gasteiger partial charge < -0.3 is 45.1 Å². The number of carbonyl (C=O) groups excluding carboxylic acids is 2. The van der Waals surface area contributed by atoms with Crippen LogP contribution in [-0.2, 0) is 23.8 Å². The fourth-order valence-corrected chi connectivity index (χ4v) is 8.24. The van der Waals surface area contributed by atoms with Crippen LogP contribution in [0.15, 0.2) is 72.9 Å². The molecule has 0 aromatic rings. The highest BCUT2D eigenvalue weighted by molar-refractivity contribution is 5.80. The lowest BCUT2D eigenvalue weighted by atomic mass is 9.99. The monoisotopic (exact) mass is 972 g/mol. The molecule has 0 bridgehead atoms. The minimum atomic E-state index is -1.63. The van der Waals surface area contributed by atoms with E-state index in [1.54, 1.807) is 6.08 Å². The van der Waals surface area contributed by atoms with Crippen LogP contribution in [0.25, 0.3) is 0 Å². The number of allylic oxidation sites excluding steroid dienone is 11. The highest BCUT2D eigenvalue weighted by atomic mass is 16.7. The maximum atomic E-state index is 13.3. The largest absolute Gasteiger partial charge is 0.454 e. The Balaban J connectivity index is 2.76. The summed E-state index contributed by atoms with van der Waals surface area (Å²) < 4.78 is 17.5. The van der Waals surface area contributed by atoms with Crippen molar-refractivity contribution in [3.05, 3.63) is 72.9 Å². The number of hydrogen-bond donors (Lipinski definition) is 6. The van der Waals surface area contributed by atoms with Crippen LogP contribution in [0.1, 0.15) is 220 Å². The number of esters is 1. The van der Waals surface area contributed by atoms with Gasteiger partial charge in [-0.15, -0.1) is 0 Å². The topological polar surface area (TPSA) is 175 Å². The van der Waals surface area contributed by atoms with Gasteiger partial charge in [-0.1, -0.05) is 216 Å². The normalized spacial score (nSPS) is 20.4. The van der Waals surface area contributed by atoms with Gasteiger partial charge in [0.1, 0.15) is 24.4 Å². The van der Waals surface area contributed by atoms with Crippen LogP contribution < -0.4 is 5.32 Å². The van der Waals surface area contributed by atoms with Gasteiger partial charge in [-0.25, -0.2) is 0 Å². The molecule has 1 aliphatic heterocycles. The molecule has 11 heteroatoms. The Morgan fingerprint density at radius 1 is 0.580 bits per heavy atom. The lowest BCUT2D eigenvalue weighted by Gasteiger charge is -2.41. The number of aliphatic hydroxyl groups excluding tert-OH is 5. The molecule has 0 aromatic heterocycles. The highest BCUT2D eigenvalue weighted by Gasteiger charge is 2.47. The summed E-state index contributed by atoms with van der Waals surface area (Å²) in [5.74, 6) is -1.23. The van der Waals surface area contributed by atoms with Gasteiger partial charge in [0.05, 0.1) is 25.4 Å². The van der Waals surface area contributed by atoms with E-state index in [0.717, 1.165) is 89.9 Å². The molecule has 8 unspecified atom stereocenters. The van der Waals surface area contributed by atoms with Gasteiger partial charge in [0, 0.05) is 6.42 Å². The van der Waals surface area contributed by atoms with E-state index in [1.165, 1.54) is 83.5 Å². The second kappa shape index (κ2) is 46.2. The Morgan fingerprint density at radius 3 is 1.62 bits per heavy atom. The number of nitrogens with one attached hydrogen (secondary N) is 1. The Hall–Kier alpha value is -2.90. The van der Waals surface area contributed by atoms with Crippen molar-refractivity contribution in [2.24, 2.45) is 0 Å². The first-order valence-electron chi connectivity index (χ1n) is 27.8. The number of ether oxygens (including phenoxy) is 3. The van der Waals surface area contributed by atoms with E-state index in [4.69, 9.17) is 14.2 Å². The van der Waals surface area contributed by atoms with E-state index in [0.29, 0.717) is 12.8 Å². The molecule has 1 amide bonds. The molecule has 11 nitrogen and oxygen atoms in total. The summed E-state index contributed by atoms with van der Waals surface area (Å²) in [6.07, 6.45) is 46.6. The zero-order valence-electron chi connectivity index (χ0n) is 43.7. The minimum Gasteiger partial charge on any atom is -0.454 e. The first kappa shape index (κ1) is 64.1. The summed E-state index contributed by atoms with van der Waals surface area (Å²) in [5, 5.41) is 56.7. The molecule has 1 aliphatic rings. The third-order valence-corrected chi connectivity index (χ3v) is 12.7. The summed E-state index contributed by atoms with van der Waals surface area (Å²) >= 11 is 0. The summed E-state index contributed by atoms with van der Waals surface area (Å²) in [5.41, 5.74) is 0. The molecule has 1 saturated heterocycles. The van der Waals surface area contributed by atoms with E-state index < -0.39 is 67.4 Å². The van der Waals surface area contributed by atoms with Gasteiger partial charge in [0.15, 0.2) is 12.4 Å². The van der Waals surface area contributed by atoms with Crippen molar-refractivity contribution in [2.45, 2.75) is 269 Å². The molecule has 0 aromatic carbocycles. The van der Waals surface area contributed by atoms with Crippen LogP contribution in [-0.4, -0.2) is 99.6 Å². The summed E-state index contributed by atoms with van der Waals surface area (Å²) in [4.78, 5) is 26.4. The summed E-state index contributed by atoms with van der Waals surface area (Å²) in [6.45, 7) is 5.59. The molecule has 69 heavy (non-hydrogen) atoms. The summed E-state index contributed by atoms with van der Waals surface area (Å²) in [7, 11) is 0. The Morgan fingerprint density at radius 2 is 1.06 bits per heavy atom. The summed E-state index contributed by atoms with van der Waals surface area (Å²) in [6, 6.07) is -1.03. The van der Waals surface area contributed by atoms with Crippen LogP contribution in [0.4, 0.5) is 0 Å². The predicted molar refractivity (Wildman–Crippen MR) is 283 cm³/mol. The minimum absolute atomic E-state index is 0.0943. The van der Waals surface area contributed by atoms with Crippen molar-refractivity contribution in [1.29, 1.82) is 0 Å². The van der Waals surface area contributed by atoms with Crippen molar-refractivity contribution in [1.82, 2.24) is 5.32 Å². The van der Waals surface area contributed by atoms with E-state index in [9.17, 15) is 35.1 Å². The standard InChI is InChI=1S/C58H101NO10/c1-4-7-10-13-16-19-22-24-26-28-31-34-37-40-43-46-53(63)69-56-55(65)54(64)52(47-60)68-58(56)67-48-49(50(61)44-41-38-35-32-29-21-18-15-12-9-6-3)59-57(66)51(62)45-42-39-36-33-30-27-25-23-20-17-14-11-8-5-2/h7,10,13,16,19-20,22-24,26,41,44,49-52,54-56,58,60-62,64-65H,4-6,8-9,11-12,14-15,17-18,21,25,27-40,42-43,45-48H2,1-3H3,(H,59,66)/b10-7+,16-13+,22-19+,23-20-,26-24-,44-41+. The van der Waals surface area contributed by atoms with Crippen molar-refractivity contribution in [3.63, 3.8) is 0 Å². The average Bonchev–Trinajstić information content (AvgIpc) is 3.34. The number of rotatable bonds is 45. The predicted octanol–water partition coefficient (Wildman–Crippen LogP) is 12.1. The molecule has 1 fully saturated rings. The molecule has 0 saturated carbocycles. The number of amides is 1. The molecule has 1 rings (SSSR count).